The summed E-state index contributed by atoms with van der Waals surface area (Å²) in [6, 6.07) is 12.2. The number of amides is 1. The van der Waals surface area contributed by atoms with E-state index in [0.29, 0.717) is 31.9 Å². The van der Waals surface area contributed by atoms with E-state index in [4.69, 9.17) is 4.74 Å². The van der Waals surface area contributed by atoms with E-state index in [-0.39, 0.29) is 35.0 Å². The van der Waals surface area contributed by atoms with Crippen LogP contribution in [0.15, 0.2) is 58.3 Å². The normalized spacial score (nSPS) is 15.5. The van der Waals surface area contributed by atoms with Crippen LogP contribution >= 0.6 is 0 Å². The predicted molar refractivity (Wildman–Crippen MR) is 124 cm³/mol. The quantitative estimate of drug-likeness (QED) is 0.566. The molecular weight excluding hydrogens is 466 g/mol. The average Bonchev–Trinajstić information content (AvgIpc) is 2.84. The minimum Gasteiger partial charge on any atom is -0.379 e. The maximum atomic E-state index is 13.1. The molecule has 11 heteroatoms. The first-order chi connectivity index (χ1) is 15.7. The maximum Gasteiger partial charge on any atom is 0.251 e. The summed E-state index contributed by atoms with van der Waals surface area (Å²) in [6.45, 7) is 5.51. The molecule has 0 saturated carbocycles. The van der Waals surface area contributed by atoms with E-state index < -0.39 is 26.0 Å². The molecule has 3 rings (SSSR count). The van der Waals surface area contributed by atoms with Crippen molar-refractivity contribution in [2.75, 3.05) is 39.4 Å². The molecule has 0 radical (unpaired) electrons. The molecule has 2 aromatic rings. The van der Waals surface area contributed by atoms with Gasteiger partial charge in [-0.15, -0.1) is 0 Å². The fourth-order valence-corrected chi connectivity index (χ4v) is 6.68. The van der Waals surface area contributed by atoms with Crippen LogP contribution in [0.1, 0.15) is 29.8 Å². The minimum atomic E-state index is -3.71. The number of sulfonamides is 2. The monoisotopic (exact) mass is 495 g/mol. The molecular formula is C22H29N3O6S2. The third kappa shape index (κ3) is 5.61. The number of rotatable bonds is 9. The van der Waals surface area contributed by atoms with Crippen LogP contribution in [0, 0.1) is 0 Å². The Bertz CT molecular complexity index is 1170. The molecule has 0 unspecified atom stereocenters. The van der Waals surface area contributed by atoms with Gasteiger partial charge in [-0.25, -0.2) is 16.8 Å². The molecule has 33 heavy (non-hydrogen) atoms. The van der Waals surface area contributed by atoms with Gasteiger partial charge in [0.2, 0.25) is 20.0 Å². The molecule has 1 amide bonds. The lowest BCUT2D eigenvalue weighted by molar-refractivity contribution is 0.0730. The highest BCUT2D eigenvalue weighted by Crippen LogP contribution is 2.21. The van der Waals surface area contributed by atoms with Gasteiger partial charge in [-0.05, 0) is 35.9 Å². The summed E-state index contributed by atoms with van der Waals surface area (Å²) in [5.74, 6) is -0.430. The van der Waals surface area contributed by atoms with Gasteiger partial charge < -0.3 is 10.1 Å². The molecule has 2 aromatic carbocycles. The van der Waals surface area contributed by atoms with Gasteiger partial charge in [0.25, 0.3) is 5.91 Å². The molecule has 0 atom stereocenters. The number of nitrogens with one attached hydrogen (secondary N) is 1. The molecule has 9 nitrogen and oxygen atoms in total. The Hall–Kier alpha value is -2.31. The first-order valence-electron chi connectivity index (χ1n) is 10.8. The molecule has 0 aliphatic carbocycles. The largest absolute Gasteiger partial charge is 0.379 e. The summed E-state index contributed by atoms with van der Waals surface area (Å²) in [4.78, 5) is 12.9. The van der Waals surface area contributed by atoms with Gasteiger partial charge >= 0.3 is 0 Å². The van der Waals surface area contributed by atoms with Crippen molar-refractivity contribution in [3.8, 4) is 0 Å². The molecule has 1 fully saturated rings. The number of hydrogen-bond donors (Lipinski definition) is 1. The first-order valence-corrected chi connectivity index (χ1v) is 13.6. The molecule has 180 valence electrons. The Balaban J connectivity index is 1.73. The van der Waals surface area contributed by atoms with Crippen LogP contribution in [-0.4, -0.2) is 70.7 Å². The van der Waals surface area contributed by atoms with Crippen molar-refractivity contribution in [3.05, 3.63) is 59.7 Å². The van der Waals surface area contributed by atoms with Crippen molar-refractivity contribution in [1.29, 1.82) is 0 Å². The Kier molecular flexibility index (Phi) is 8.24. The molecule has 0 aromatic heterocycles. The second-order valence-corrected chi connectivity index (χ2v) is 11.3. The van der Waals surface area contributed by atoms with Crippen LogP contribution < -0.4 is 5.32 Å². The van der Waals surface area contributed by atoms with Crippen LogP contribution in [0.25, 0.3) is 0 Å². The van der Waals surface area contributed by atoms with Crippen LogP contribution in [0.5, 0.6) is 0 Å². The van der Waals surface area contributed by atoms with E-state index >= 15 is 0 Å². The van der Waals surface area contributed by atoms with Crippen molar-refractivity contribution in [2.45, 2.75) is 30.2 Å². The van der Waals surface area contributed by atoms with E-state index in [0.717, 1.165) is 0 Å². The van der Waals surface area contributed by atoms with Gasteiger partial charge in [-0.3, -0.25) is 4.79 Å². The lowest BCUT2D eigenvalue weighted by atomic mass is 10.2. The lowest BCUT2D eigenvalue weighted by Gasteiger charge is -2.27. The van der Waals surface area contributed by atoms with Crippen LogP contribution in [0.2, 0.25) is 0 Å². The summed E-state index contributed by atoms with van der Waals surface area (Å²) in [6.07, 6.45) is 0. The molecule has 1 N–H and O–H groups in total. The van der Waals surface area contributed by atoms with E-state index in [9.17, 15) is 21.6 Å². The summed E-state index contributed by atoms with van der Waals surface area (Å²) in [5.41, 5.74) is 0.750. The van der Waals surface area contributed by atoms with Crippen molar-refractivity contribution in [3.63, 3.8) is 0 Å². The highest BCUT2D eigenvalue weighted by molar-refractivity contribution is 7.89. The van der Waals surface area contributed by atoms with Crippen LogP contribution in [0.4, 0.5) is 0 Å². The smallest absolute Gasteiger partial charge is 0.251 e. The third-order valence-corrected chi connectivity index (χ3v) is 9.52. The maximum absolute atomic E-state index is 13.1. The van der Waals surface area contributed by atoms with Gasteiger partial charge in [0.1, 0.15) is 0 Å². The lowest BCUT2D eigenvalue weighted by Crippen LogP contribution is -2.41. The van der Waals surface area contributed by atoms with Gasteiger partial charge in [0.15, 0.2) is 0 Å². The zero-order valence-corrected chi connectivity index (χ0v) is 20.4. The summed E-state index contributed by atoms with van der Waals surface area (Å²) in [7, 11) is -7.32. The molecule has 1 aliphatic rings. The average molecular weight is 496 g/mol. The Morgan fingerprint density at radius 2 is 1.58 bits per heavy atom. The molecule has 1 heterocycles. The van der Waals surface area contributed by atoms with E-state index in [1.165, 1.54) is 38.9 Å². The number of benzene rings is 2. The Labute approximate surface area is 195 Å². The topological polar surface area (TPSA) is 113 Å². The van der Waals surface area contributed by atoms with E-state index in [2.05, 4.69) is 5.32 Å². The zero-order chi connectivity index (χ0) is 24.1. The molecule has 1 aliphatic heterocycles. The van der Waals surface area contributed by atoms with Gasteiger partial charge in [0.05, 0.1) is 23.0 Å². The minimum absolute atomic E-state index is 0.0120. The second-order valence-electron chi connectivity index (χ2n) is 7.42. The fraction of sp³-hybridized carbons (Fsp3) is 0.409. The Morgan fingerprint density at radius 3 is 2.18 bits per heavy atom. The van der Waals surface area contributed by atoms with E-state index in [1.807, 2.05) is 0 Å². The number of ether oxygens (including phenoxy) is 1. The number of morpholine rings is 1. The van der Waals surface area contributed by atoms with Crippen molar-refractivity contribution < 1.29 is 26.4 Å². The van der Waals surface area contributed by atoms with E-state index in [1.54, 1.807) is 32.0 Å². The fourth-order valence-electron chi connectivity index (χ4n) is 3.60. The van der Waals surface area contributed by atoms with Crippen LogP contribution in [0.3, 0.4) is 0 Å². The third-order valence-electron chi connectivity index (χ3n) is 5.46. The van der Waals surface area contributed by atoms with Crippen molar-refractivity contribution in [2.24, 2.45) is 0 Å². The Morgan fingerprint density at radius 1 is 0.970 bits per heavy atom. The second kappa shape index (κ2) is 10.7. The van der Waals surface area contributed by atoms with Crippen LogP contribution in [-0.2, 0) is 31.3 Å². The van der Waals surface area contributed by atoms with Gasteiger partial charge in [0, 0.05) is 38.3 Å². The summed E-state index contributed by atoms with van der Waals surface area (Å²) in [5, 5.41) is 2.73. The zero-order valence-electron chi connectivity index (χ0n) is 18.7. The molecule has 0 bridgehead atoms. The predicted octanol–water partition coefficient (Wildman–Crippen LogP) is 1.67. The van der Waals surface area contributed by atoms with Gasteiger partial charge in [-0.2, -0.15) is 8.61 Å². The summed E-state index contributed by atoms with van der Waals surface area (Å²) >= 11 is 0. The standard InChI is InChI=1S/C22H29N3O6S2/c1-3-24(4-2)32(27,28)20-11-9-18(10-12-20)22(26)23-17-19-7-5-6-8-21(19)33(29,30)25-13-15-31-16-14-25/h5-12H,3-4,13-17H2,1-2H3,(H,23,26). The van der Waals surface area contributed by atoms with Crippen molar-refractivity contribution in [1.82, 2.24) is 13.9 Å². The number of carbonyl (C=O) groups excluding carboxylic acids is 1. The summed E-state index contributed by atoms with van der Waals surface area (Å²) < 4.78 is 59.3. The highest BCUT2D eigenvalue weighted by Gasteiger charge is 2.28. The molecule has 1 saturated heterocycles. The first kappa shape index (κ1) is 25.3. The highest BCUT2D eigenvalue weighted by atomic mass is 32.2. The van der Waals surface area contributed by atoms with Crippen molar-refractivity contribution >= 4 is 26.0 Å². The number of hydrogen-bond acceptors (Lipinski definition) is 6. The molecule has 0 spiro atoms. The number of nitrogens with zero attached hydrogens (tertiary/aromatic N) is 2. The van der Waals surface area contributed by atoms with Gasteiger partial charge in [-0.1, -0.05) is 32.0 Å². The number of carbonyl (C=O) groups is 1. The SMILES string of the molecule is CCN(CC)S(=O)(=O)c1ccc(C(=O)NCc2ccccc2S(=O)(=O)N2CCOCC2)cc1.